The minimum atomic E-state index is 0. The summed E-state index contributed by atoms with van der Waals surface area (Å²) in [6, 6.07) is 0. The average molecular weight is 362 g/mol. The molecule has 1 saturated heterocycles. The quantitative estimate of drug-likeness (QED) is 0.449. The smallest absolute Gasteiger partial charge is 0.234 e. The van der Waals surface area contributed by atoms with Crippen LogP contribution >= 0.6 is 12.4 Å². The van der Waals surface area contributed by atoms with Crippen LogP contribution in [0.1, 0.15) is 90.4 Å². The Morgan fingerprint density at radius 2 is 1.29 bits per heavy atom. The van der Waals surface area contributed by atoms with Crippen LogP contribution in [-0.2, 0) is 4.79 Å². The van der Waals surface area contributed by atoms with Gasteiger partial charge in [0.1, 0.15) is 0 Å². The van der Waals surface area contributed by atoms with Crippen LogP contribution in [0.15, 0.2) is 0 Å². The molecule has 1 fully saturated rings. The normalized spacial score (nSPS) is 15.0. The minimum absolute atomic E-state index is 0. The first-order valence-corrected chi connectivity index (χ1v) is 10.1. The van der Waals surface area contributed by atoms with Gasteiger partial charge in [0.15, 0.2) is 0 Å². The van der Waals surface area contributed by atoms with Gasteiger partial charge in [-0.1, -0.05) is 77.6 Å². The van der Waals surface area contributed by atoms with Crippen molar-refractivity contribution in [2.75, 3.05) is 26.2 Å². The number of amides is 1. The Labute approximate surface area is 155 Å². The highest BCUT2D eigenvalue weighted by atomic mass is 35.5. The lowest BCUT2D eigenvalue weighted by molar-refractivity contribution is -0.126. The van der Waals surface area contributed by atoms with Gasteiger partial charge >= 0.3 is 0 Å². The third-order valence-corrected chi connectivity index (χ3v) is 4.66. The molecule has 0 atom stereocenters. The molecule has 0 aromatic heterocycles. The lowest BCUT2D eigenvalue weighted by Crippen LogP contribution is -2.52. The molecule has 1 heterocycles. The molecular weight excluding hydrogens is 322 g/mol. The number of carbonyl (C=O) groups is 1. The standard InChI is InChI=1S/C19H39N3O.ClH/c1-2-3-4-5-6-7-8-9-10-11-12-13-14-19(23)21-22-17-15-20-16-18-22;/h20H,2-18H2,1H3,(H,21,23);1H. The Kier molecular flexibility index (Phi) is 17.3. The van der Waals surface area contributed by atoms with E-state index in [2.05, 4.69) is 17.7 Å². The summed E-state index contributed by atoms with van der Waals surface area (Å²) < 4.78 is 0. The zero-order valence-corrected chi connectivity index (χ0v) is 16.6. The van der Waals surface area contributed by atoms with Crippen LogP contribution in [0, 0.1) is 0 Å². The third-order valence-electron chi connectivity index (χ3n) is 4.66. The van der Waals surface area contributed by atoms with Crippen LogP contribution in [0.4, 0.5) is 0 Å². The summed E-state index contributed by atoms with van der Waals surface area (Å²) in [6.07, 6.45) is 16.8. The van der Waals surface area contributed by atoms with E-state index in [0.717, 1.165) is 32.6 Å². The zero-order chi connectivity index (χ0) is 16.6. The molecule has 0 saturated carbocycles. The molecule has 0 aliphatic carbocycles. The number of unbranched alkanes of at least 4 members (excludes halogenated alkanes) is 11. The van der Waals surface area contributed by atoms with Crippen molar-refractivity contribution < 1.29 is 4.79 Å². The van der Waals surface area contributed by atoms with Crippen LogP contribution in [0.25, 0.3) is 0 Å². The molecule has 0 aromatic rings. The van der Waals surface area contributed by atoms with Gasteiger partial charge < -0.3 is 5.32 Å². The van der Waals surface area contributed by atoms with E-state index in [4.69, 9.17) is 0 Å². The number of hydrogen-bond donors (Lipinski definition) is 2. The van der Waals surface area contributed by atoms with Crippen LogP contribution in [0.5, 0.6) is 0 Å². The van der Waals surface area contributed by atoms with Crippen LogP contribution < -0.4 is 10.7 Å². The second-order valence-electron chi connectivity index (χ2n) is 6.91. The molecule has 4 nitrogen and oxygen atoms in total. The third kappa shape index (κ3) is 14.1. The minimum Gasteiger partial charge on any atom is -0.314 e. The zero-order valence-electron chi connectivity index (χ0n) is 15.8. The van der Waals surface area contributed by atoms with Gasteiger partial charge in [0.2, 0.25) is 5.91 Å². The lowest BCUT2D eigenvalue weighted by Gasteiger charge is -2.27. The number of rotatable bonds is 14. The average Bonchev–Trinajstić information content (AvgIpc) is 2.57. The van der Waals surface area contributed by atoms with Crippen molar-refractivity contribution in [3.05, 3.63) is 0 Å². The Morgan fingerprint density at radius 3 is 1.79 bits per heavy atom. The predicted molar refractivity (Wildman–Crippen MR) is 106 cm³/mol. The number of halogens is 1. The second-order valence-corrected chi connectivity index (χ2v) is 6.91. The molecule has 0 unspecified atom stereocenters. The first-order valence-electron chi connectivity index (χ1n) is 10.1. The number of piperazine rings is 1. The van der Waals surface area contributed by atoms with Gasteiger partial charge in [0, 0.05) is 32.6 Å². The molecule has 1 aliphatic rings. The molecule has 1 aliphatic heterocycles. The van der Waals surface area contributed by atoms with Gasteiger partial charge in [-0.15, -0.1) is 12.4 Å². The fourth-order valence-electron chi connectivity index (χ4n) is 3.14. The van der Waals surface area contributed by atoms with Gasteiger partial charge in [-0.2, -0.15) is 0 Å². The van der Waals surface area contributed by atoms with E-state index in [1.54, 1.807) is 0 Å². The maximum absolute atomic E-state index is 11.8. The molecule has 0 spiro atoms. The second kappa shape index (κ2) is 17.5. The van der Waals surface area contributed by atoms with E-state index in [0.29, 0.717) is 6.42 Å². The Morgan fingerprint density at radius 1 is 0.833 bits per heavy atom. The fraction of sp³-hybridized carbons (Fsp3) is 0.947. The molecule has 0 radical (unpaired) electrons. The van der Waals surface area contributed by atoms with Crippen molar-refractivity contribution in [1.29, 1.82) is 0 Å². The first-order chi connectivity index (χ1) is 11.3. The molecule has 144 valence electrons. The van der Waals surface area contributed by atoms with E-state index in [1.807, 2.05) is 5.01 Å². The van der Waals surface area contributed by atoms with Crippen molar-refractivity contribution >= 4 is 18.3 Å². The largest absolute Gasteiger partial charge is 0.314 e. The lowest BCUT2D eigenvalue weighted by atomic mass is 10.0. The highest BCUT2D eigenvalue weighted by Crippen LogP contribution is 2.12. The first kappa shape index (κ1) is 23.7. The van der Waals surface area contributed by atoms with Crippen molar-refractivity contribution in [3.8, 4) is 0 Å². The van der Waals surface area contributed by atoms with Crippen LogP contribution in [-0.4, -0.2) is 37.1 Å². The SMILES string of the molecule is CCCCCCCCCCCCCCC(=O)NN1CCNCC1.Cl. The Hall–Kier alpha value is -0.320. The summed E-state index contributed by atoms with van der Waals surface area (Å²) in [5.74, 6) is 0.193. The number of nitrogens with one attached hydrogen (secondary N) is 2. The molecule has 0 bridgehead atoms. The summed E-state index contributed by atoms with van der Waals surface area (Å²) >= 11 is 0. The van der Waals surface area contributed by atoms with Gasteiger partial charge in [0.25, 0.3) is 0 Å². The van der Waals surface area contributed by atoms with Crippen LogP contribution in [0.3, 0.4) is 0 Å². The van der Waals surface area contributed by atoms with Crippen molar-refractivity contribution in [2.45, 2.75) is 90.4 Å². The van der Waals surface area contributed by atoms with E-state index in [-0.39, 0.29) is 18.3 Å². The van der Waals surface area contributed by atoms with E-state index < -0.39 is 0 Å². The Balaban J connectivity index is 0.00000529. The molecule has 5 heteroatoms. The van der Waals surface area contributed by atoms with Gasteiger partial charge in [-0.05, 0) is 6.42 Å². The van der Waals surface area contributed by atoms with E-state index in [9.17, 15) is 4.79 Å². The molecular formula is C19H40ClN3O. The number of carbonyl (C=O) groups excluding carboxylic acids is 1. The van der Waals surface area contributed by atoms with Gasteiger partial charge in [0.05, 0.1) is 0 Å². The van der Waals surface area contributed by atoms with Crippen molar-refractivity contribution in [1.82, 2.24) is 15.8 Å². The number of nitrogens with zero attached hydrogens (tertiary/aromatic N) is 1. The number of hydrogen-bond acceptors (Lipinski definition) is 3. The maximum Gasteiger partial charge on any atom is 0.234 e. The summed E-state index contributed by atoms with van der Waals surface area (Å²) in [5, 5.41) is 5.33. The van der Waals surface area contributed by atoms with E-state index >= 15 is 0 Å². The fourth-order valence-corrected chi connectivity index (χ4v) is 3.14. The monoisotopic (exact) mass is 361 g/mol. The molecule has 1 amide bonds. The van der Waals surface area contributed by atoms with Gasteiger partial charge in [-0.25, -0.2) is 5.01 Å². The highest BCUT2D eigenvalue weighted by Gasteiger charge is 2.11. The molecule has 24 heavy (non-hydrogen) atoms. The summed E-state index contributed by atoms with van der Waals surface area (Å²) in [5.41, 5.74) is 3.01. The molecule has 0 aromatic carbocycles. The topological polar surface area (TPSA) is 44.4 Å². The van der Waals surface area contributed by atoms with E-state index in [1.165, 1.54) is 70.6 Å². The number of hydrazine groups is 1. The van der Waals surface area contributed by atoms with Crippen molar-refractivity contribution in [2.24, 2.45) is 0 Å². The van der Waals surface area contributed by atoms with Gasteiger partial charge in [-0.3, -0.25) is 10.2 Å². The summed E-state index contributed by atoms with van der Waals surface area (Å²) in [4.78, 5) is 11.8. The summed E-state index contributed by atoms with van der Waals surface area (Å²) in [6.45, 7) is 6.06. The van der Waals surface area contributed by atoms with Crippen LogP contribution in [0.2, 0.25) is 0 Å². The molecule has 2 N–H and O–H groups in total. The highest BCUT2D eigenvalue weighted by molar-refractivity contribution is 5.85. The summed E-state index contributed by atoms with van der Waals surface area (Å²) in [7, 11) is 0. The maximum atomic E-state index is 11.8. The Bertz CT molecular complexity index is 284. The molecule has 1 rings (SSSR count). The predicted octanol–water partition coefficient (Wildman–Crippen LogP) is 4.44. The van der Waals surface area contributed by atoms with Crippen molar-refractivity contribution in [3.63, 3.8) is 0 Å².